The summed E-state index contributed by atoms with van der Waals surface area (Å²) in [5, 5.41) is 0. The molecule has 7 nitrogen and oxygen atoms in total. The van der Waals surface area contributed by atoms with Crippen molar-refractivity contribution >= 4 is 28.7 Å². The average molecular weight is 545 g/mol. The molecular weight excluding hydrogens is 513 g/mol. The van der Waals surface area contributed by atoms with Crippen molar-refractivity contribution in [2.75, 3.05) is 18.1 Å². The van der Waals surface area contributed by atoms with Crippen LogP contribution in [0, 0.1) is 0 Å². The molecule has 0 spiro atoms. The highest BCUT2D eigenvalue weighted by Crippen LogP contribution is 2.40. The van der Waals surface area contributed by atoms with Gasteiger partial charge in [-0.3, -0.25) is 0 Å². The number of fused-ring (bicyclic) bond motifs is 1. The summed E-state index contributed by atoms with van der Waals surface area (Å²) in [6, 6.07) is 9.56. The molecule has 0 aliphatic carbocycles. The lowest BCUT2D eigenvalue weighted by Crippen LogP contribution is -2.44. The van der Waals surface area contributed by atoms with E-state index in [0.717, 1.165) is 16.4 Å². The van der Waals surface area contributed by atoms with Crippen LogP contribution in [0.5, 0.6) is 0 Å². The number of ether oxygens (including phenoxy) is 5. The van der Waals surface area contributed by atoms with Gasteiger partial charge in [-0.1, -0.05) is 59.0 Å². The predicted octanol–water partition coefficient (Wildman–Crippen LogP) is 4.29. The molecule has 172 valence electrons. The van der Waals surface area contributed by atoms with Crippen LogP contribution in [0.1, 0.15) is 32.3 Å². The molecule has 2 saturated heterocycles. The van der Waals surface area contributed by atoms with Crippen LogP contribution in [0.25, 0.3) is 0 Å². The maximum absolute atomic E-state index is 13.0. The first-order valence-electron chi connectivity index (χ1n) is 10.6. The first kappa shape index (κ1) is 24.4. The van der Waals surface area contributed by atoms with Gasteiger partial charge in [-0.15, -0.1) is 6.58 Å². The number of rotatable bonds is 10. The van der Waals surface area contributed by atoms with E-state index in [1.54, 1.807) is 18.1 Å². The summed E-state index contributed by atoms with van der Waals surface area (Å²) in [6.07, 6.45) is 1.48. The van der Waals surface area contributed by atoms with Crippen molar-refractivity contribution in [2.45, 2.75) is 69.7 Å². The van der Waals surface area contributed by atoms with Crippen LogP contribution in [-0.2, 0) is 30.3 Å². The summed E-state index contributed by atoms with van der Waals surface area (Å²) < 4.78 is 30.2. The summed E-state index contributed by atoms with van der Waals surface area (Å²) in [7, 11) is 1.60. The number of alkyl halides is 1. The Hall–Kier alpha value is -1.20. The number of carbonyl (C=O) groups excluding carboxylic acids is 1. The molecule has 8 heteroatoms. The minimum atomic E-state index is -0.692. The molecule has 5 atom stereocenters. The van der Waals surface area contributed by atoms with Crippen LogP contribution in [0.15, 0.2) is 43.0 Å². The second-order valence-electron chi connectivity index (χ2n) is 8.19. The number of benzene rings is 1. The Morgan fingerprint density at radius 2 is 2.00 bits per heavy atom. The van der Waals surface area contributed by atoms with Crippen molar-refractivity contribution in [3.8, 4) is 0 Å². The quantitative estimate of drug-likeness (QED) is 0.249. The van der Waals surface area contributed by atoms with Crippen LogP contribution in [0.2, 0.25) is 0 Å². The first-order valence-corrected chi connectivity index (χ1v) is 12.1. The molecule has 0 N–H and O–H groups in total. The number of hydrogen-bond donors (Lipinski definition) is 0. The lowest BCUT2D eigenvalue weighted by atomic mass is 10.0. The second-order valence-corrected chi connectivity index (χ2v) is 9.27. The molecule has 31 heavy (non-hydrogen) atoms. The van der Waals surface area contributed by atoms with E-state index in [-0.39, 0.29) is 37.1 Å². The van der Waals surface area contributed by atoms with Gasteiger partial charge in [-0.05, 0) is 32.3 Å². The van der Waals surface area contributed by atoms with Crippen LogP contribution in [0.4, 0.5) is 4.79 Å². The van der Waals surface area contributed by atoms with Crippen molar-refractivity contribution < 1.29 is 28.5 Å². The zero-order chi connectivity index (χ0) is 22.4. The van der Waals surface area contributed by atoms with Crippen molar-refractivity contribution in [3.05, 3.63) is 48.6 Å². The minimum Gasteiger partial charge on any atom is -0.445 e. The van der Waals surface area contributed by atoms with E-state index in [1.165, 1.54) is 0 Å². The molecule has 2 aliphatic heterocycles. The molecule has 0 radical (unpaired) electrons. The molecule has 0 bridgehead atoms. The summed E-state index contributed by atoms with van der Waals surface area (Å²) in [6.45, 7) is 8.23. The zero-order valence-corrected chi connectivity index (χ0v) is 20.5. The smallest absolute Gasteiger partial charge is 0.410 e. The molecule has 2 aliphatic rings. The predicted molar refractivity (Wildman–Crippen MR) is 125 cm³/mol. The van der Waals surface area contributed by atoms with Gasteiger partial charge in [-0.2, -0.15) is 0 Å². The first-order chi connectivity index (χ1) is 14.9. The fraction of sp³-hybridized carbons (Fsp3) is 0.609. The van der Waals surface area contributed by atoms with E-state index < -0.39 is 12.1 Å². The lowest BCUT2D eigenvalue weighted by Gasteiger charge is -2.33. The molecule has 2 unspecified atom stereocenters. The highest BCUT2D eigenvalue weighted by atomic mass is 127. The monoisotopic (exact) mass is 545 g/mol. The number of carbonyl (C=O) groups is 1. The van der Waals surface area contributed by atoms with E-state index in [0.29, 0.717) is 13.0 Å². The van der Waals surface area contributed by atoms with Crippen LogP contribution >= 0.6 is 22.6 Å². The number of halogens is 1. The number of hydrogen-bond acceptors (Lipinski definition) is 6. The molecule has 1 amide bonds. The van der Waals surface area contributed by atoms with Crippen LogP contribution < -0.4 is 0 Å². The third kappa shape index (κ3) is 6.19. The average Bonchev–Trinajstić information content (AvgIpc) is 3.23. The molecule has 2 fully saturated rings. The summed E-state index contributed by atoms with van der Waals surface area (Å²) in [5.41, 5.74) is 0.948. The standard InChI is InChI=1S/C23H32INO6/c1-5-13-25(22(26)28-15-16-9-7-6-8-10-16)17(11-12-24)14-18-19-20(21(27-4)29-18)31-23(2,3)30-19/h5-10,17-21H,1,11-15H2,2-4H3/t17-,18+,19?,20?,21+/m0/s1. The fourth-order valence-electron chi connectivity index (χ4n) is 4.13. The Morgan fingerprint density at radius 1 is 1.29 bits per heavy atom. The van der Waals surface area contributed by atoms with Gasteiger partial charge < -0.3 is 28.6 Å². The van der Waals surface area contributed by atoms with Gasteiger partial charge in [0.2, 0.25) is 0 Å². The normalized spacial score (nSPS) is 27.5. The topological polar surface area (TPSA) is 66.5 Å². The summed E-state index contributed by atoms with van der Waals surface area (Å²) >= 11 is 2.33. The summed E-state index contributed by atoms with van der Waals surface area (Å²) in [4.78, 5) is 14.7. The number of nitrogens with zero attached hydrogens (tertiary/aromatic N) is 1. The van der Waals surface area contributed by atoms with E-state index in [4.69, 9.17) is 23.7 Å². The van der Waals surface area contributed by atoms with E-state index in [1.807, 2.05) is 44.2 Å². The van der Waals surface area contributed by atoms with Gasteiger partial charge in [0.05, 0.1) is 6.10 Å². The van der Waals surface area contributed by atoms with Crippen molar-refractivity contribution in [3.63, 3.8) is 0 Å². The van der Waals surface area contributed by atoms with Gasteiger partial charge in [-0.25, -0.2) is 4.79 Å². The largest absolute Gasteiger partial charge is 0.445 e. The van der Waals surface area contributed by atoms with Crippen molar-refractivity contribution in [1.82, 2.24) is 4.90 Å². The Bertz CT molecular complexity index is 730. The summed E-state index contributed by atoms with van der Waals surface area (Å²) in [5.74, 6) is -0.692. The Kier molecular flexibility index (Phi) is 8.74. The number of methoxy groups -OCH3 is 1. The van der Waals surface area contributed by atoms with Crippen LogP contribution in [-0.4, -0.2) is 65.5 Å². The molecular formula is C23H32INO6. The fourth-order valence-corrected chi connectivity index (χ4v) is 4.85. The maximum atomic E-state index is 13.0. The molecule has 2 heterocycles. The SMILES string of the molecule is C=CCN(C(=O)OCc1ccccc1)[C@@H](CCI)C[C@H]1O[C@@H](OC)C2OC(C)(C)OC21. The van der Waals surface area contributed by atoms with E-state index in [9.17, 15) is 4.79 Å². The third-order valence-corrected chi connectivity index (χ3v) is 6.12. The third-order valence-electron chi connectivity index (χ3n) is 5.49. The van der Waals surface area contributed by atoms with E-state index >= 15 is 0 Å². The Labute approximate surface area is 198 Å². The van der Waals surface area contributed by atoms with Gasteiger partial charge in [0.1, 0.15) is 18.8 Å². The number of amides is 1. The minimum absolute atomic E-state index is 0.0910. The highest BCUT2D eigenvalue weighted by molar-refractivity contribution is 14.1. The molecule has 1 aromatic rings. The molecule has 3 rings (SSSR count). The van der Waals surface area contributed by atoms with Crippen LogP contribution in [0.3, 0.4) is 0 Å². The molecule has 0 saturated carbocycles. The van der Waals surface area contributed by atoms with Crippen molar-refractivity contribution in [2.24, 2.45) is 0 Å². The van der Waals surface area contributed by atoms with E-state index in [2.05, 4.69) is 29.2 Å². The lowest BCUT2D eigenvalue weighted by molar-refractivity contribution is -0.228. The van der Waals surface area contributed by atoms with Gasteiger partial charge >= 0.3 is 6.09 Å². The highest BCUT2D eigenvalue weighted by Gasteiger charge is 2.56. The maximum Gasteiger partial charge on any atom is 0.410 e. The van der Waals surface area contributed by atoms with Crippen molar-refractivity contribution in [1.29, 1.82) is 0 Å². The Balaban J connectivity index is 1.70. The van der Waals surface area contributed by atoms with Gasteiger partial charge in [0.25, 0.3) is 0 Å². The molecule has 0 aromatic heterocycles. The van der Waals surface area contributed by atoms with Gasteiger partial charge in [0.15, 0.2) is 12.1 Å². The Morgan fingerprint density at radius 3 is 2.65 bits per heavy atom. The van der Waals surface area contributed by atoms with Gasteiger partial charge in [0, 0.05) is 24.1 Å². The molecule has 1 aromatic carbocycles. The second kappa shape index (κ2) is 11.1. The zero-order valence-electron chi connectivity index (χ0n) is 18.4.